The molecule has 3 atom stereocenters. The third-order valence-electron chi connectivity index (χ3n) is 4.70. The van der Waals surface area contributed by atoms with Crippen LogP contribution in [0.15, 0.2) is 12.2 Å². The lowest BCUT2D eigenvalue weighted by molar-refractivity contribution is -0.144. The van der Waals surface area contributed by atoms with Crippen LogP contribution in [0, 0.1) is 29.1 Å². The number of alkyl halides is 1. The molecule has 0 amide bonds. The molecule has 3 nitrogen and oxygen atoms in total. The van der Waals surface area contributed by atoms with E-state index in [1.54, 1.807) is 6.08 Å². The van der Waals surface area contributed by atoms with Crippen molar-refractivity contribution in [3.05, 3.63) is 12.2 Å². The van der Waals surface area contributed by atoms with Gasteiger partial charge in [0.15, 0.2) is 0 Å². The third kappa shape index (κ3) is 4.84. The molecule has 2 aliphatic carbocycles. The Kier molecular flexibility index (Phi) is 5.78. The van der Waals surface area contributed by atoms with Crippen molar-refractivity contribution >= 4 is 5.97 Å². The molecule has 0 aliphatic heterocycles. The van der Waals surface area contributed by atoms with Gasteiger partial charge in [0.25, 0.3) is 0 Å². The number of rotatable bonds is 3. The van der Waals surface area contributed by atoms with Gasteiger partial charge in [-0.25, -0.2) is 9.18 Å². The highest BCUT2D eigenvalue weighted by Gasteiger charge is 2.27. The minimum absolute atomic E-state index is 0.0840. The quantitative estimate of drug-likeness (QED) is 0.585. The molecule has 0 spiro atoms. The summed E-state index contributed by atoms with van der Waals surface area (Å²) in [4.78, 5) is 11.8. The second-order valence-corrected chi connectivity index (χ2v) is 6.50. The summed E-state index contributed by atoms with van der Waals surface area (Å²) in [6.45, 7) is 2.07. The number of allylic oxidation sites excluding steroid dienone is 1. The molecule has 2 aliphatic rings. The minimum Gasteiger partial charge on any atom is -0.459 e. The Morgan fingerprint density at radius 1 is 1.24 bits per heavy atom. The zero-order valence-electron chi connectivity index (χ0n) is 12.6. The first-order valence-corrected chi connectivity index (χ1v) is 8.01. The average molecular weight is 293 g/mol. The van der Waals surface area contributed by atoms with E-state index in [9.17, 15) is 9.18 Å². The molecule has 0 radical (unpaired) electrons. The molecule has 0 aromatic rings. The standard InChI is InChI=1S/C17H24FNO2/c1-12-2-5-14(16(18)10-12)6-9-17(20)21-15-7-3-13(11-19)4-8-15/h6,9,12-16H,2-5,7-8,10H2,1H3. The fourth-order valence-corrected chi connectivity index (χ4v) is 3.27. The van der Waals surface area contributed by atoms with Gasteiger partial charge in [-0.1, -0.05) is 13.0 Å². The summed E-state index contributed by atoms with van der Waals surface area (Å²) in [6.07, 6.45) is 7.65. The highest BCUT2D eigenvalue weighted by atomic mass is 19.1. The molecular formula is C17H24FNO2. The first-order chi connectivity index (χ1) is 10.1. The molecule has 116 valence electrons. The van der Waals surface area contributed by atoms with Crippen molar-refractivity contribution in [1.29, 1.82) is 5.26 Å². The van der Waals surface area contributed by atoms with Crippen molar-refractivity contribution in [3.8, 4) is 6.07 Å². The molecule has 0 N–H and O–H groups in total. The van der Waals surface area contributed by atoms with Crippen LogP contribution in [0.3, 0.4) is 0 Å². The van der Waals surface area contributed by atoms with Crippen LogP contribution in [-0.4, -0.2) is 18.2 Å². The van der Waals surface area contributed by atoms with Gasteiger partial charge in [-0.2, -0.15) is 5.26 Å². The number of carbonyl (C=O) groups is 1. The Balaban J connectivity index is 1.74. The summed E-state index contributed by atoms with van der Waals surface area (Å²) in [5, 5.41) is 8.83. The highest BCUT2D eigenvalue weighted by Crippen LogP contribution is 2.32. The van der Waals surface area contributed by atoms with Gasteiger partial charge in [-0.3, -0.25) is 0 Å². The van der Waals surface area contributed by atoms with Gasteiger partial charge in [0, 0.05) is 17.9 Å². The first-order valence-electron chi connectivity index (χ1n) is 8.01. The van der Waals surface area contributed by atoms with Gasteiger partial charge in [0.2, 0.25) is 0 Å². The smallest absolute Gasteiger partial charge is 0.330 e. The van der Waals surface area contributed by atoms with E-state index >= 15 is 0 Å². The van der Waals surface area contributed by atoms with Crippen molar-refractivity contribution in [2.75, 3.05) is 0 Å². The van der Waals surface area contributed by atoms with Crippen LogP contribution in [0.1, 0.15) is 51.9 Å². The van der Waals surface area contributed by atoms with Crippen LogP contribution >= 0.6 is 0 Å². The van der Waals surface area contributed by atoms with Crippen molar-refractivity contribution in [2.45, 2.75) is 64.1 Å². The van der Waals surface area contributed by atoms with Gasteiger partial charge in [-0.15, -0.1) is 0 Å². The molecule has 2 fully saturated rings. The Morgan fingerprint density at radius 2 is 1.95 bits per heavy atom. The van der Waals surface area contributed by atoms with Gasteiger partial charge in [0.05, 0.1) is 6.07 Å². The molecule has 21 heavy (non-hydrogen) atoms. The molecule has 4 heteroatoms. The monoisotopic (exact) mass is 293 g/mol. The minimum atomic E-state index is -0.844. The normalized spacial score (nSPS) is 37.1. The van der Waals surface area contributed by atoms with E-state index in [4.69, 9.17) is 10.00 Å². The van der Waals surface area contributed by atoms with Gasteiger partial charge < -0.3 is 4.74 Å². The van der Waals surface area contributed by atoms with Crippen LogP contribution in [-0.2, 0) is 9.53 Å². The Morgan fingerprint density at radius 3 is 2.57 bits per heavy atom. The number of ether oxygens (including phenoxy) is 1. The van der Waals surface area contributed by atoms with E-state index < -0.39 is 6.17 Å². The van der Waals surface area contributed by atoms with Crippen LogP contribution in [0.2, 0.25) is 0 Å². The van der Waals surface area contributed by atoms with E-state index in [1.165, 1.54) is 6.08 Å². The number of nitrogens with zero attached hydrogens (tertiary/aromatic N) is 1. The van der Waals surface area contributed by atoms with Crippen LogP contribution < -0.4 is 0 Å². The third-order valence-corrected chi connectivity index (χ3v) is 4.70. The van der Waals surface area contributed by atoms with Crippen LogP contribution in [0.4, 0.5) is 4.39 Å². The molecule has 0 aromatic carbocycles. The average Bonchev–Trinajstić information content (AvgIpc) is 2.47. The number of halogens is 1. The van der Waals surface area contributed by atoms with Crippen molar-refractivity contribution in [2.24, 2.45) is 17.8 Å². The first kappa shape index (κ1) is 16.0. The summed E-state index contributed by atoms with van der Waals surface area (Å²) >= 11 is 0. The van der Waals surface area contributed by atoms with Crippen molar-refractivity contribution in [1.82, 2.24) is 0 Å². The zero-order valence-corrected chi connectivity index (χ0v) is 12.6. The number of nitriles is 1. The maximum atomic E-state index is 13.9. The molecular weight excluding hydrogens is 269 g/mol. The van der Waals surface area contributed by atoms with Crippen molar-refractivity contribution < 1.29 is 13.9 Å². The number of esters is 1. The number of hydrogen-bond donors (Lipinski definition) is 0. The molecule has 0 aromatic heterocycles. The Labute approximate surface area is 126 Å². The summed E-state index contributed by atoms with van der Waals surface area (Å²) in [6, 6.07) is 2.26. The highest BCUT2D eigenvalue weighted by molar-refractivity contribution is 5.82. The number of carbonyl (C=O) groups excluding carboxylic acids is 1. The van der Waals surface area contributed by atoms with Crippen LogP contribution in [0.25, 0.3) is 0 Å². The van der Waals surface area contributed by atoms with E-state index in [2.05, 4.69) is 13.0 Å². The second-order valence-electron chi connectivity index (χ2n) is 6.50. The van der Waals surface area contributed by atoms with Crippen LogP contribution in [0.5, 0.6) is 0 Å². The SMILES string of the molecule is CC1CCC(C=CC(=O)OC2CCC(C#N)CC2)C(F)C1. The van der Waals surface area contributed by atoms with E-state index in [1.807, 2.05) is 0 Å². The lowest BCUT2D eigenvalue weighted by atomic mass is 9.81. The maximum Gasteiger partial charge on any atom is 0.330 e. The molecule has 2 saturated carbocycles. The lowest BCUT2D eigenvalue weighted by Gasteiger charge is -2.27. The Bertz CT molecular complexity index is 421. The Hall–Kier alpha value is -1.37. The largest absolute Gasteiger partial charge is 0.459 e. The van der Waals surface area contributed by atoms with Gasteiger partial charge in [0.1, 0.15) is 12.3 Å². The van der Waals surface area contributed by atoms with E-state index in [0.717, 1.165) is 38.5 Å². The summed E-state index contributed by atoms with van der Waals surface area (Å²) < 4.78 is 19.2. The molecule has 2 rings (SSSR count). The molecule has 0 saturated heterocycles. The summed E-state index contributed by atoms with van der Waals surface area (Å²) in [7, 11) is 0. The summed E-state index contributed by atoms with van der Waals surface area (Å²) in [5.74, 6) is 0.0169. The molecule has 0 heterocycles. The summed E-state index contributed by atoms with van der Waals surface area (Å²) in [5.41, 5.74) is 0. The fourth-order valence-electron chi connectivity index (χ4n) is 3.27. The van der Waals surface area contributed by atoms with Gasteiger partial charge >= 0.3 is 5.97 Å². The maximum absolute atomic E-state index is 13.9. The number of hydrogen-bond acceptors (Lipinski definition) is 3. The molecule has 3 unspecified atom stereocenters. The second kappa shape index (κ2) is 7.59. The topological polar surface area (TPSA) is 50.1 Å². The van der Waals surface area contributed by atoms with E-state index in [-0.39, 0.29) is 23.9 Å². The van der Waals surface area contributed by atoms with E-state index in [0.29, 0.717) is 12.3 Å². The molecule has 0 bridgehead atoms. The lowest BCUT2D eigenvalue weighted by Crippen LogP contribution is -2.25. The zero-order chi connectivity index (χ0) is 15.2. The fraction of sp³-hybridized carbons (Fsp3) is 0.765. The predicted octanol–water partition coefficient (Wildman–Crippen LogP) is 3.94. The predicted molar refractivity (Wildman–Crippen MR) is 78.0 cm³/mol. The van der Waals surface area contributed by atoms with Gasteiger partial charge in [-0.05, 0) is 50.9 Å². The van der Waals surface area contributed by atoms with Crippen molar-refractivity contribution in [3.63, 3.8) is 0 Å².